The first-order valence-electron chi connectivity index (χ1n) is 4.81. The fourth-order valence-corrected chi connectivity index (χ4v) is 4.63. The van der Waals surface area contributed by atoms with Gasteiger partial charge in [0, 0.05) is 0 Å². The summed E-state index contributed by atoms with van der Waals surface area (Å²) in [6, 6.07) is 16.8. The van der Waals surface area contributed by atoms with Gasteiger partial charge in [0.05, 0.1) is 0 Å². The van der Waals surface area contributed by atoms with Gasteiger partial charge in [0.15, 0.2) is 0 Å². The molecule has 0 aliphatic carbocycles. The molecule has 0 unspecified atom stereocenters. The number of ether oxygens (including phenoxy) is 1. The third kappa shape index (κ3) is 3.95. The molecule has 0 radical (unpaired) electrons. The van der Waals surface area contributed by atoms with Crippen molar-refractivity contribution in [1.29, 1.82) is 0 Å². The topological polar surface area (TPSA) is 9.23 Å². The van der Waals surface area contributed by atoms with Gasteiger partial charge < -0.3 is 0 Å². The molecule has 0 saturated carbocycles. The molecule has 0 aromatic heterocycles. The van der Waals surface area contributed by atoms with Crippen molar-refractivity contribution in [3.8, 4) is 11.5 Å². The molecular weight excluding hydrogens is 394 g/mol. The summed E-state index contributed by atoms with van der Waals surface area (Å²) in [4.78, 5) is 0. The Bertz CT molecular complexity index is 479. The average molecular weight is 403 g/mol. The predicted octanol–water partition coefficient (Wildman–Crippen LogP) is 4.34. The van der Waals surface area contributed by atoms with Crippen molar-refractivity contribution in [3.63, 3.8) is 0 Å². The van der Waals surface area contributed by atoms with Crippen molar-refractivity contribution in [2.24, 2.45) is 0 Å². The molecule has 2 aromatic carbocycles. The molecule has 5 heteroatoms. The molecule has 1 nitrogen and oxygen atoms in total. The second kappa shape index (κ2) is 5.69. The molecule has 0 atom stereocenters. The third-order valence-corrected chi connectivity index (χ3v) is 7.96. The van der Waals surface area contributed by atoms with E-state index < -0.39 is 14.8 Å². The molecule has 17 heavy (non-hydrogen) atoms. The van der Waals surface area contributed by atoms with E-state index in [4.69, 9.17) is 31.6 Å². The molecule has 0 saturated heterocycles. The molecule has 0 heterocycles. The molecule has 2 aromatic rings. The molecule has 90 valence electrons. The Morgan fingerprint density at radius 2 is 1.24 bits per heavy atom. The van der Waals surface area contributed by atoms with Gasteiger partial charge >= 0.3 is 116 Å². The second-order valence-corrected chi connectivity index (χ2v) is 19.5. The van der Waals surface area contributed by atoms with Gasteiger partial charge in [-0.3, -0.25) is 0 Å². The van der Waals surface area contributed by atoms with Crippen molar-refractivity contribution >= 4 is 45.3 Å². The monoisotopic (exact) mass is 404 g/mol. The third-order valence-electron chi connectivity index (χ3n) is 2.07. The number of hydrogen-bond acceptors (Lipinski definition) is 1. The summed E-state index contributed by atoms with van der Waals surface area (Å²) in [5.74, 6) is 1.52. The Balaban J connectivity index is 2.14. The van der Waals surface area contributed by atoms with Gasteiger partial charge in [0.1, 0.15) is 0 Å². The minimum atomic E-state index is -3.30. The maximum absolute atomic E-state index is 5.95. The Morgan fingerprint density at radius 3 is 1.76 bits per heavy atom. The fraction of sp³-hybridized carbons (Fsp3) is 0. The number of benzene rings is 2. The van der Waals surface area contributed by atoms with Crippen LogP contribution in [0, 0.1) is 0 Å². The second-order valence-electron chi connectivity index (χ2n) is 3.29. The summed E-state index contributed by atoms with van der Waals surface area (Å²) >= 11 is -3.30. The molecule has 0 amide bonds. The van der Waals surface area contributed by atoms with Gasteiger partial charge in [-0.05, 0) is 0 Å². The minimum absolute atomic E-state index is 0.733. The van der Waals surface area contributed by atoms with Crippen molar-refractivity contribution < 1.29 is 4.74 Å². The van der Waals surface area contributed by atoms with Crippen LogP contribution in [0.2, 0.25) is 0 Å². The van der Waals surface area contributed by atoms with Crippen LogP contribution in [0.3, 0.4) is 0 Å². The zero-order valence-electron chi connectivity index (χ0n) is 8.65. The summed E-state index contributed by atoms with van der Waals surface area (Å²) in [7, 11) is 17.9. The molecule has 0 fully saturated rings. The van der Waals surface area contributed by atoms with Gasteiger partial charge in [-0.25, -0.2) is 0 Å². The van der Waals surface area contributed by atoms with Crippen LogP contribution in [-0.2, 0) is 0 Å². The molecular formula is C12H9Cl3OTe. The van der Waals surface area contributed by atoms with Gasteiger partial charge in [0.2, 0.25) is 0 Å². The van der Waals surface area contributed by atoms with Crippen molar-refractivity contribution in [3.05, 3.63) is 54.6 Å². The van der Waals surface area contributed by atoms with Crippen LogP contribution in [-0.4, -0.2) is 14.8 Å². The quantitative estimate of drug-likeness (QED) is 0.693. The fourth-order valence-electron chi connectivity index (χ4n) is 1.29. The van der Waals surface area contributed by atoms with E-state index in [-0.39, 0.29) is 0 Å². The van der Waals surface area contributed by atoms with E-state index in [1.54, 1.807) is 0 Å². The van der Waals surface area contributed by atoms with E-state index in [1.807, 2.05) is 54.6 Å². The SMILES string of the molecule is Cl[Te](Cl)(Cl)c1ccc(Oc2ccccc2)cc1. The van der Waals surface area contributed by atoms with Gasteiger partial charge in [-0.1, -0.05) is 0 Å². The van der Waals surface area contributed by atoms with E-state index in [9.17, 15) is 0 Å². The van der Waals surface area contributed by atoms with Crippen LogP contribution in [0.1, 0.15) is 0 Å². The summed E-state index contributed by atoms with van der Waals surface area (Å²) in [6.07, 6.45) is 0. The number of para-hydroxylation sites is 1. The van der Waals surface area contributed by atoms with E-state index in [0.717, 1.165) is 15.1 Å². The molecule has 0 aliphatic rings. The van der Waals surface area contributed by atoms with Crippen LogP contribution in [0.25, 0.3) is 0 Å². The Kier molecular flexibility index (Phi) is 4.47. The van der Waals surface area contributed by atoms with Gasteiger partial charge in [0.25, 0.3) is 0 Å². The van der Waals surface area contributed by atoms with E-state index in [0.29, 0.717) is 0 Å². The van der Waals surface area contributed by atoms with Crippen molar-refractivity contribution in [2.75, 3.05) is 0 Å². The molecule has 0 spiro atoms. The summed E-state index contributed by atoms with van der Waals surface area (Å²) < 4.78 is 6.44. The molecule has 0 aliphatic heterocycles. The first kappa shape index (κ1) is 13.3. The number of hydrogen-bond donors (Lipinski definition) is 0. The summed E-state index contributed by atoms with van der Waals surface area (Å²) in [6.45, 7) is 0. The van der Waals surface area contributed by atoms with E-state index in [2.05, 4.69) is 0 Å². The Morgan fingerprint density at radius 1 is 0.706 bits per heavy atom. The van der Waals surface area contributed by atoms with Crippen molar-refractivity contribution in [1.82, 2.24) is 0 Å². The average Bonchev–Trinajstić information content (AvgIpc) is 2.30. The summed E-state index contributed by atoms with van der Waals surface area (Å²) in [5, 5.41) is 0. The Labute approximate surface area is 115 Å². The van der Waals surface area contributed by atoms with Gasteiger partial charge in [-0.2, -0.15) is 0 Å². The van der Waals surface area contributed by atoms with Crippen LogP contribution < -0.4 is 8.35 Å². The maximum atomic E-state index is 5.95. The molecule has 2 rings (SSSR count). The first-order valence-corrected chi connectivity index (χ1v) is 14.8. The predicted molar refractivity (Wildman–Crippen MR) is 75.9 cm³/mol. The van der Waals surface area contributed by atoms with Crippen LogP contribution in [0.5, 0.6) is 11.5 Å². The zero-order chi connectivity index (χ0) is 12.3. The standard InChI is InChI=1S/C12H9Cl3OTe/c13-17(14,15)12-8-6-11(7-9-12)16-10-4-2-1-3-5-10/h1-9H. The van der Waals surface area contributed by atoms with Crippen LogP contribution in [0.4, 0.5) is 0 Å². The first-order chi connectivity index (χ1) is 8.05. The molecule has 0 N–H and O–H groups in total. The van der Waals surface area contributed by atoms with Crippen LogP contribution in [0.15, 0.2) is 54.6 Å². The molecule has 0 bridgehead atoms. The van der Waals surface area contributed by atoms with E-state index in [1.165, 1.54) is 0 Å². The normalized spacial score (nSPS) is 12.2. The van der Waals surface area contributed by atoms with Crippen molar-refractivity contribution in [2.45, 2.75) is 0 Å². The van der Waals surface area contributed by atoms with E-state index >= 15 is 0 Å². The summed E-state index contributed by atoms with van der Waals surface area (Å²) in [5.41, 5.74) is 0. The zero-order valence-corrected chi connectivity index (χ0v) is 13.2. The number of halogens is 3. The number of rotatable bonds is 3. The Hall–Kier alpha value is -0.100. The van der Waals surface area contributed by atoms with Gasteiger partial charge in [-0.15, -0.1) is 0 Å². The van der Waals surface area contributed by atoms with Crippen LogP contribution >= 0.6 is 26.9 Å².